The standard InChI is InChI=1S/C13H14N2O4.Na/c1-19-8-13(7-9-5-3-2-4-6-9)10(16)14-12(18)15-11(13)17;/h2-6H,7-8H2,1H3,(H2,14,15,16,17,18);/q;+1/p-1. The minimum atomic E-state index is -1.47. The summed E-state index contributed by atoms with van der Waals surface area (Å²) < 4.78 is 4.98. The predicted octanol–water partition coefficient (Wildman–Crippen LogP) is -1.98. The van der Waals surface area contributed by atoms with E-state index in [0.29, 0.717) is 0 Å². The molecule has 1 aliphatic heterocycles. The molecule has 1 unspecified atom stereocenters. The molecule has 2 rings (SSSR count). The van der Waals surface area contributed by atoms with E-state index in [1.54, 1.807) is 12.1 Å². The van der Waals surface area contributed by atoms with Crippen molar-refractivity contribution in [2.24, 2.45) is 5.41 Å². The largest absolute Gasteiger partial charge is 1.00 e. The zero-order valence-electron chi connectivity index (χ0n) is 11.4. The molecule has 1 aliphatic rings. The summed E-state index contributed by atoms with van der Waals surface area (Å²) in [7, 11) is 1.39. The van der Waals surface area contributed by atoms with Gasteiger partial charge >= 0.3 is 29.6 Å². The van der Waals surface area contributed by atoms with Gasteiger partial charge in [0, 0.05) is 7.11 Å². The second kappa shape index (κ2) is 6.99. The first-order valence-electron chi connectivity index (χ1n) is 5.73. The molecule has 0 spiro atoms. The second-order valence-electron chi connectivity index (χ2n) is 4.35. The van der Waals surface area contributed by atoms with Crippen LogP contribution in [0.4, 0.5) is 4.79 Å². The number of urea groups is 1. The number of nitrogens with one attached hydrogen (secondary N) is 1. The van der Waals surface area contributed by atoms with Crippen LogP contribution in [0, 0.1) is 5.41 Å². The third-order valence-electron chi connectivity index (χ3n) is 3.01. The van der Waals surface area contributed by atoms with Crippen LogP contribution in [0.15, 0.2) is 30.3 Å². The monoisotopic (exact) mass is 284 g/mol. The predicted molar refractivity (Wildman–Crippen MR) is 66.4 cm³/mol. The molecule has 1 heterocycles. The van der Waals surface area contributed by atoms with E-state index in [0.717, 1.165) is 5.56 Å². The Morgan fingerprint density at radius 3 is 2.40 bits per heavy atom. The van der Waals surface area contributed by atoms with E-state index in [9.17, 15) is 14.4 Å². The number of hydrogen-bond donors (Lipinski definition) is 1. The summed E-state index contributed by atoms with van der Waals surface area (Å²) >= 11 is 0. The molecule has 1 N–H and O–H groups in total. The number of rotatable bonds is 4. The Kier molecular flexibility index (Phi) is 5.88. The summed E-state index contributed by atoms with van der Waals surface area (Å²) in [6.45, 7) is -0.122. The third kappa shape index (κ3) is 3.27. The second-order valence-corrected chi connectivity index (χ2v) is 4.35. The van der Waals surface area contributed by atoms with Crippen molar-refractivity contribution in [1.82, 2.24) is 5.32 Å². The van der Waals surface area contributed by atoms with Gasteiger partial charge in [0.15, 0.2) is 17.8 Å². The van der Waals surface area contributed by atoms with Gasteiger partial charge in [0.2, 0.25) is 0 Å². The number of barbiturate groups is 1. The first-order chi connectivity index (χ1) is 9.08. The summed E-state index contributed by atoms with van der Waals surface area (Å²) in [6, 6.07) is 8.13. The molecule has 0 radical (unpaired) electrons. The van der Waals surface area contributed by atoms with Gasteiger partial charge in [-0.05, 0) is 12.0 Å². The first kappa shape index (κ1) is 16.8. The summed E-state index contributed by atoms with van der Waals surface area (Å²) in [5.74, 6) is -1.42. The summed E-state index contributed by atoms with van der Waals surface area (Å²) in [6.07, 6.45) is 0.142. The Morgan fingerprint density at radius 1 is 1.20 bits per heavy atom. The number of carbonyl (C=O) groups excluding carboxylic acids is 3. The molecule has 1 saturated heterocycles. The average Bonchev–Trinajstić information content (AvgIpc) is 2.37. The minimum Gasteiger partial charge on any atom is -0.394 e. The molecule has 0 aromatic heterocycles. The molecule has 4 amide bonds. The van der Waals surface area contributed by atoms with E-state index in [1.807, 2.05) is 18.2 Å². The summed E-state index contributed by atoms with van der Waals surface area (Å²) in [4.78, 5) is 35.1. The molecule has 0 aliphatic carbocycles. The molecule has 1 fully saturated rings. The molecule has 1 atom stereocenters. The minimum absolute atomic E-state index is 0. The van der Waals surface area contributed by atoms with Gasteiger partial charge in [-0.25, -0.2) is 0 Å². The number of carbonyl (C=O) groups is 3. The summed E-state index contributed by atoms with van der Waals surface area (Å²) in [5, 5.41) is 5.37. The molecule has 6 nitrogen and oxygen atoms in total. The fraction of sp³-hybridized carbons (Fsp3) is 0.308. The van der Waals surface area contributed by atoms with Gasteiger partial charge in [-0.3, -0.25) is 14.4 Å². The van der Waals surface area contributed by atoms with Gasteiger partial charge in [0.05, 0.1) is 6.61 Å². The molecule has 0 bridgehead atoms. The van der Waals surface area contributed by atoms with Gasteiger partial charge in [0.25, 0.3) is 0 Å². The molecular formula is C13H13N2NaO4. The maximum Gasteiger partial charge on any atom is 1.00 e. The topological polar surface area (TPSA) is 86.6 Å². The molecule has 100 valence electrons. The molecule has 0 saturated carbocycles. The Hall–Kier alpha value is -1.21. The number of ether oxygens (including phenoxy) is 1. The first-order valence-corrected chi connectivity index (χ1v) is 5.73. The van der Waals surface area contributed by atoms with Crippen LogP contribution < -0.4 is 34.9 Å². The van der Waals surface area contributed by atoms with E-state index < -0.39 is 23.3 Å². The average molecular weight is 284 g/mol. The van der Waals surface area contributed by atoms with E-state index >= 15 is 0 Å². The van der Waals surface area contributed by atoms with Crippen LogP contribution in [-0.2, 0) is 20.7 Å². The zero-order chi connectivity index (χ0) is 13.9. The Bertz CT molecular complexity index is 498. The van der Waals surface area contributed by atoms with Crippen LogP contribution in [-0.4, -0.2) is 31.6 Å². The van der Waals surface area contributed by atoms with Gasteiger partial charge in [0.1, 0.15) is 5.41 Å². The van der Waals surface area contributed by atoms with Crippen LogP contribution in [0.1, 0.15) is 5.56 Å². The normalized spacial score (nSPS) is 21.8. The molecule has 1 aromatic rings. The van der Waals surface area contributed by atoms with Crippen LogP contribution in [0.2, 0.25) is 0 Å². The SMILES string of the molecule is COCC1(Cc2ccccc2)C(=O)[N-]C(=O)NC1=O.[Na+]. The third-order valence-corrected chi connectivity index (χ3v) is 3.01. The number of nitrogens with zero attached hydrogens (tertiary/aromatic N) is 1. The van der Waals surface area contributed by atoms with Crippen LogP contribution in [0.3, 0.4) is 0 Å². The van der Waals surface area contributed by atoms with Crippen LogP contribution in [0.5, 0.6) is 0 Å². The van der Waals surface area contributed by atoms with Crippen molar-refractivity contribution in [3.63, 3.8) is 0 Å². The van der Waals surface area contributed by atoms with Crippen molar-refractivity contribution in [1.29, 1.82) is 0 Å². The fourth-order valence-electron chi connectivity index (χ4n) is 2.07. The Morgan fingerprint density at radius 2 is 1.85 bits per heavy atom. The van der Waals surface area contributed by atoms with Crippen molar-refractivity contribution in [3.05, 3.63) is 41.2 Å². The van der Waals surface area contributed by atoms with E-state index in [4.69, 9.17) is 4.74 Å². The molecule has 1 aromatic carbocycles. The number of methoxy groups -OCH3 is 1. The van der Waals surface area contributed by atoms with Crippen molar-refractivity contribution in [2.75, 3.05) is 13.7 Å². The van der Waals surface area contributed by atoms with Crippen molar-refractivity contribution < 1.29 is 48.7 Å². The maximum atomic E-state index is 12.0. The summed E-state index contributed by atoms with van der Waals surface area (Å²) in [5.41, 5.74) is -0.670. The van der Waals surface area contributed by atoms with Gasteiger partial charge in [-0.2, -0.15) is 0 Å². The number of hydrogen-bond acceptors (Lipinski definition) is 4. The maximum absolute atomic E-state index is 12.0. The number of imide groups is 2. The van der Waals surface area contributed by atoms with Gasteiger partial charge < -0.3 is 15.4 Å². The van der Waals surface area contributed by atoms with Crippen molar-refractivity contribution >= 4 is 17.8 Å². The van der Waals surface area contributed by atoms with Crippen LogP contribution >= 0.6 is 0 Å². The smallest absolute Gasteiger partial charge is 0.394 e. The molecule has 7 heteroatoms. The van der Waals surface area contributed by atoms with Gasteiger partial charge in [-0.15, -0.1) is 0 Å². The zero-order valence-corrected chi connectivity index (χ0v) is 13.4. The Balaban J connectivity index is 0.00000200. The van der Waals surface area contributed by atoms with E-state index in [-0.39, 0.29) is 42.6 Å². The number of benzene rings is 1. The van der Waals surface area contributed by atoms with Crippen LogP contribution in [0.25, 0.3) is 5.32 Å². The fourth-order valence-corrected chi connectivity index (χ4v) is 2.07. The quantitative estimate of drug-likeness (QED) is 0.512. The molecular weight excluding hydrogens is 271 g/mol. The van der Waals surface area contributed by atoms with E-state index in [1.165, 1.54) is 7.11 Å². The number of amides is 4. The van der Waals surface area contributed by atoms with Crippen molar-refractivity contribution in [3.8, 4) is 0 Å². The Labute approximate surface area is 138 Å². The van der Waals surface area contributed by atoms with Crippen molar-refractivity contribution in [2.45, 2.75) is 6.42 Å². The molecule has 20 heavy (non-hydrogen) atoms. The van der Waals surface area contributed by atoms with E-state index in [2.05, 4.69) is 10.6 Å². The van der Waals surface area contributed by atoms with Gasteiger partial charge in [-0.1, -0.05) is 30.3 Å².